The first-order valence-electron chi connectivity index (χ1n) is 6.69. The summed E-state index contributed by atoms with van der Waals surface area (Å²) in [5.41, 5.74) is -0.130. The lowest BCUT2D eigenvalue weighted by molar-refractivity contribution is 0.0544. The molecule has 20 heavy (non-hydrogen) atoms. The number of hydrogen-bond acceptors (Lipinski definition) is 5. The number of amides is 1. The largest absolute Gasteiger partial charge is 0.380 e. The van der Waals surface area contributed by atoms with Crippen LogP contribution < -0.4 is 5.56 Å². The van der Waals surface area contributed by atoms with E-state index < -0.39 is 0 Å². The fourth-order valence-electron chi connectivity index (χ4n) is 1.58. The van der Waals surface area contributed by atoms with Crippen LogP contribution in [0, 0.1) is 0 Å². The molecule has 0 unspecified atom stereocenters. The van der Waals surface area contributed by atoms with E-state index in [4.69, 9.17) is 9.47 Å². The smallest absolute Gasteiger partial charge is 0.274 e. The molecule has 1 aromatic rings. The number of carbonyl (C=O) groups is 1. The monoisotopic (exact) mass is 283 g/mol. The second kappa shape index (κ2) is 9.22. The van der Waals surface area contributed by atoms with Crippen LogP contribution in [-0.4, -0.2) is 60.5 Å². The summed E-state index contributed by atoms with van der Waals surface area (Å²) in [6, 6.07) is 2.69. The van der Waals surface area contributed by atoms with E-state index >= 15 is 0 Å². The molecule has 0 spiro atoms. The van der Waals surface area contributed by atoms with Gasteiger partial charge < -0.3 is 14.4 Å². The van der Waals surface area contributed by atoms with Gasteiger partial charge in [-0.25, -0.2) is 5.10 Å². The van der Waals surface area contributed by atoms with Crippen molar-refractivity contribution in [3.63, 3.8) is 0 Å². The molecule has 0 radical (unpaired) electrons. The van der Waals surface area contributed by atoms with E-state index in [0.717, 1.165) is 0 Å². The Morgan fingerprint density at radius 1 is 1.20 bits per heavy atom. The van der Waals surface area contributed by atoms with Crippen LogP contribution >= 0.6 is 0 Å². The summed E-state index contributed by atoms with van der Waals surface area (Å²) >= 11 is 0. The molecule has 1 N–H and O–H groups in total. The Labute approximate surface area is 117 Å². The molecule has 112 valence electrons. The van der Waals surface area contributed by atoms with E-state index in [1.807, 2.05) is 13.8 Å². The van der Waals surface area contributed by atoms with E-state index in [2.05, 4.69) is 10.2 Å². The zero-order valence-electron chi connectivity index (χ0n) is 11.9. The highest BCUT2D eigenvalue weighted by Gasteiger charge is 2.16. The summed E-state index contributed by atoms with van der Waals surface area (Å²) in [4.78, 5) is 24.8. The highest BCUT2D eigenvalue weighted by atomic mass is 16.5. The number of hydrogen-bond donors (Lipinski definition) is 1. The number of rotatable bonds is 9. The highest BCUT2D eigenvalue weighted by Crippen LogP contribution is 2.00. The lowest BCUT2D eigenvalue weighted by Crippen LogP contribution is -2.37. The Morgan fingerprint density at radius 3 is 2.25 bits per heavy atom. The van der Waals surface area contributed by atoms with Gasteiger partial charge in [-0.3, -0.25) is 9.59 Å². The quantitative estimate of drug-likeness (QED) is 0.658. The van der Waals surface area contributed by atoms with Crippen molar-refractivity contribution in [2.45, 2.75) is 13.8 Å². The molecule has 0 atom stereocenters. The van der Waals surface area contributed by atoms with Gasteiger partial charge in [0.1, 0.15) is 5.69 Å². The minimum atomic E-state index is -0.336. The minimum absolute atomic E-state index is 0.206. The Morgan fingerprint density at radius 2 is 1.80 bits per heavy atom. The number of carbonyl (C=O) groups excluding carboxylic acids is 1. The maximum Gasteiger partial charge on any atom is 0.274 e. The highest BCUT2D eigenvalue weighted by molar-refractivity contribution is 5.92. The minimum Gasteiger partial charge on any atom is -0.380 e. The summed E-state index contributed by atoms with van der Waals surface area (Å²) in [5.74, 6) is -0.249. The van der Waals surface area contributed by atoms with Crippen molar-refractivity contribution < 1.29 is 14.3 Å². The zero-order valence-corrected chi connectivity index (χ0v) is 11.9. The molecule has 0 saturated heterocycles. The first-order valence-corrected chi connectivity index (χ1v) is 6.69. The van der Waals surface area contributed by atoms with Crippen LogP contribution in [0.1, 0.15) is 24.3 Å². The van der Waals surface area contributed by atoms with Gasteiger partial charge in [0.05, 0.1) is 13.2 Å². The number of aromatic nitrogens is 2. The number of ether oxygens (including phenoxy) is 2. The van der Waals surface area contributed by atoms with Gasteiger partial charge in [-0.05, 0) is 19.9 Å². The molecule has 0 bridgehead atoms. The Bertz CT molecular complexity index is 431. The van der Waals surface area contributed by atoms with Gasteiger partial charge in [0, 0.05) is 32.4 Å². The number of nitrogens with one attached hydrogen (secondary N) is 1. The molecular weight excluding hydrogens is 262 g/mol. The number of H-pyrrole nitrogens is 1. The predicted octanol–water partition coefficient (Wildman–Crippen LogP) is 0.285. The van der Waals surface area contributed by atoms with Gasteiger partial charge in [-0.15, -0.1) is 0 Å². The summed E-state index contributed by atoms with van der Waals surface area (Å²) < 4.78 is 10.5. The molecule has 0 saturated carbocycles. The molecule has 0 aliphatic rings. The second-order valence-corrected chi connectivity index (χ2v) is 3.99. The topological polar surface area (TPSA) is 84.5 Å². The lowest BCUT2D eigenvalue weighted by atomic mass is 10.3. The molecule has 0 fully saturated rings. The molecule has 1 heterocycles. The molecule has 1 rings (SSSR count). The van der Waals surface area contributed by atoms with Crippen molar-refractivity contribution >= 4 is 5.91 Å². The average molecular weight is 283 g/mol. The van der Waals surface area contributed by atoms with E-state index in [0.29, 0.717) is 39.5 Å². The van der Waals surface area contributed by atoms with Crippen LogP contribution in [0.3, 0.4) is 0 Å². The third-order valence-corrected chi connectivity index (χ3v) is 2.60. The van der Waals surface area contributed by atoms with Crippen molar-refractivity contribution in [2.75, 3.05) is 39.5 Å². The Kier molecular flexibility index (Phi) is 7.52. The molecule has 1 amide bonds. The maximum atomic E-state index is 12.3. The molecule has 0 aliphatic carbocycles. The molecule has 1 aromatic heterocycles. The van der Waals surface area contributed by atoms with E-state index in [1.54, 1.807) is 4.90 Å². The summed E-state index contributed by atoms with van der Waals surface area (Å²) in [5, 5.41) is 6.00. The third-order valence-electron chi connectivity index (χ3n) is 2.60. The number of aromatic amines is 1. The fourth-order valence-corrected chi connectivity index (χ4v) is 1.58. The Balaban J connectivity index is 2.66. The standard InChI is InChI=1S/C13H21N3O4/c1-3-19-9-7-16(8-10-20-4-2)13(18)11-5-6-12(17)15-14-11/h5-6H,3-4,7-10H2,1-2H3,(H,15,17). The van der Waals surface area contributed by atoms with Crippen molar-refractivity contribution in [3.8, 4) is 0 Å². The van der Waals surface area contributed by atoms with Gasteiger partial charge in [0.2, 0.25) is 0 Å². The van der Waals surface area contributed by atoms with Crippen LogP contribution in [0.25, 0.3) is 0 Å². The van der Waals surface area contributed by atoms with Crippen LogP contribution in [0.2, 0.25) is 0 Å². The third kappa shape index (κ3) is 5.50. The normalized spacial score (nSPS) is 10.5. The van der Waals surface area contributed by atoms with Crippen LogP contribution in [-0.2, 0) is 9.47 Å². The first kappa shape index (κ1) is 16.3. The maximum absolute atomic E-state index is 12.3. The fraction of sp³-hybridized carbons (Fsp3) is 0.615. The second-order valence-electron chi connectivity index (χ2n) is 3.99. The van der Waals surface area contributed by atoms with Crippen LogP contribution in [0.15, 0.2) is 16.9 Å². The van der Waals surface area contributed by atoms with Crippen LogP contribution in [0.4, 0.5) is 0 Å². The lowest BCUT2D eigenvalue weighted by Gasteiger charge is -2.21. The van der Waals surface area contributed by atoms with Crippen molar-refractivity contribution in [3.05, 3.63) is 28.2 Å². The van der Waals surface area contributed by atoms with Gasteiger partial charge in [-0.2, -0.15) is 5.10 Å². The average Bonchev–Trinajstić information content (AvgIpc) is 2.46. The van der Waals surface area contributed by atoms with Crippen molar-refractivity contribution in [2.24, 2.45) is 0 Å². The summed E-state index contributed by atoms with van der Waals surface area (Å²) in [7, 11) is 0. The van der Waals surface area contributed by atoms with Gasteiger partial charge in [0.15, 0.2) is 0 Å². The molecule has 0 aliphatic heterocycles. The Hall–Kier alpha value is -1.73. The number of nitrogens with zero attached hydrogens (tertiary/aromatic N) is 2. The molecular formula is C13H21N3O4. The molecule has 7 nitrogen and oxygen atoms in total. The van der Waals surface area contributed by atoms with E-state index in [1.165, 1.54) is 12.1 Å². The molecule has 7 heteroatoms. The summed E-state index contributed by atoms with van der Waals surface area (Å²) in [6.07, 6.45) is 0. The SMILES string of the molecule is CCOCCN(CCOCC)C(=O)c1ccc(=O)[nH]n1. The van der Waals surface area contributed by atoms with Gasteiger partial charge in [-0.1, -0.05) is 0 Å². The molecule has 0 aromatic carbocycles. The van der Waals surface area contributed by atoms with Gasteiger partial charge in [0.25, 0.3) is 11.5 Å². The van der Waals surface area contributed by atoms with Crippen LogP contribution in [0.5, 0.6) is 0 Å². The first-order chi connectivity index (χ1) is 9.69. The van der Waals surface area contributed by atoms with Crippen molar-refractivity contribution in [1.29, 1.82) is 0 Å². The predicted molar refractivity (Wildman–Crippen MR) is 73.7 cm³/mol. The van der Waals surface area contributed by atoms with Gasteiger partial charge >= 0.3 is 0 Å². The summed E-state index contributed by atoms with van der Waals surface area (Å²) in [6.45, 7) is 6.83. The van der Waals surface area contributed by atoms with E-state index in [-0.39, 0.29) is 17.2 Å². The van der Waals surface area contributed by atoms with Crippen molar-refractivity contribution in [1.82, 2.24) is 15.1 Å². The zero-order chi connectivity index (χ0) is 14.8. The van der Waals surface area contributed by atoms with E-state index in [9.17, 15) is 9.59 Å².